The Balaban J connectivity index is 1.33. The van der Waals surface area contributed by atoms with E-state index in [9.17, 15) is 27.9 Å². The smallest absolute Gasteiger partial charge is 0.407 e. The third kappa shape index (κ3) is 7.49. The molecule has 47 heavy (non-hydrogen) atoms. The largest absolute Gasteiger partial charge is 0.492 e. The fourth-order valence-electron chi connectivity index (χ4n) is 6.44. The maximum absolute atomic E-state index is 13.8. The zero-order chi connectivity index (χ0) is 34.3. The quantitative estimate of drug-likeness (QED) is 0.328. The molecule has 3 N–H and O–H groups in total. The van der Waals surface area contributed by atoms with Crippen LogP contribution >= 0.6 is 0 Å². The van der Waals surface area contributed by atoms with Crippen molar-refractivity contribution in [1.29, 1.82) is 0 Å². The van der Waals surface area contributed by atoms with Crippen molar-refractivity contribution in [3.8, 4) is 5.75 Å². The normalized spacial score (nSPS) is 17.6. The van der Waals surface area contributed by atoms with Crippen LogP contribution in [-0.4, -0.2) is 103 Å². The minimum absolute atomic E-state index is 0.0254. The van der Waals surface area contributed by atoms with Crippen LogP contribution in [0, 0.1) is 5.92 Å². The van der Waals surface area contributed by atoms with Gasteiger partial charge < -0.3 is 29.5 Å². The van der Waals surface area contributed by atoms with Crippen LogP contribution in [0.1, 0.15) is 48.8 Å². The fourth-order valence-corrected chi connectivity index (χ4v) is 7.00. The molecular formula is C33H44N6O7S. The molecule has 0 spiro atoms. The van der Waals surface area contributed by atoms with Crippen LogP contribution in [0.5, 0.6) is 5.75 Å². The van der Waals surface area contributed by atoms with Crippen molar-refractivity contribution in [3.05, 3.63) is 53.2 Å². The van der Waals surface area contributed by atoms with Gasteiger partial charge in [-0.15, -0.1) is 0 Å². The van der Waals surface area contributed by atoms with Crippen LogP contribution in [0.3, 0.4) is 0 Å². The number of benzene rings is 2. The Morgan fingerprint density at radius 1 is 1.00 bits per heavy atom. The molecule has 2 aromatic carbocycles. The first-order valence-electron chi connectivity index (χ1n) is 15.6. The van der Waals surface area contributed by atoms with E-state index in [1.807, 2.05) is 61.6 Å². The monoisotopic (exact) mass is 668 g/mol. The van der Waals surface area contributed by atoms with E-state index in [0.717, 1.165) is 28.3 Å². The molecule has 13 nitrogen and oxygen atoms in total. The molecular weight excluding hydrogens is 624 g/mol. The molecule has 0 radical (unpaired) electrons. The molecule has 2 aliphatic heterocycles. The Morgan fingerprint density at radius 2 is 1.68 bits per heavy atom. The number of hydrogen-bond donors (Lipinski definition) is 3. The number of nitrogens with zero attached hydrogens (tertiary/aromatic N) is 4. The predicted octanol–water partition coefficient (Wildman–Crippen LogP) is 3.75. The van der Waals surface area contributed by atoms with Crippen LogP contribution in [0.25, 0.3) is 10.9 Å². The number of aryl methyl sites for hydroxylation is 1. The van der Waals surface area contributed by atoms with E-state index >= 15 is 0 Å². The number of methoxy groups -OCH3 is 1. The Labute approximate surface area is 275 Å². The summed E-state index contributed by atoms with van der Waals surface area (Å²) in [6, 6.07) is 11.3. The van der Waals surface area contributed by atoms with Gasteiger partial charge in [-0.2, -0.15) is 0 Å². The molecule has 3 aromatic rings. The van der Waals surface area contributed by atoms with Crippen molar-refractivity contribution in [2.24, 2.45) is 13.0 Å². The molecule has 2 aliphatic rings. The summed E-state index contributed by atoms with van der Waals surface area (Å²) in [5.74, 6) is -0.416. The van der Waals surface area contributed by atoms with Gasteiger partial charge in [0.15, 0.2) is 5.75 Å². The van der Waals surface area contributed by atoms with Gasteiger partial charge in [-0.05, 0) is 41.2 Å². The summed E-state index contributed by atoms with van der Waals surface area (Å²) in [7, 11) is -0.346. The van der Waals surface area contributed by atoms with Crippen LogP contribution in [0.2, 0.25) is 0 Å². The molecule has 0 saturated carbocycles. The first-order valence-corrected chi connectivity index (χ1v) is 17.5. The summed E-state index contributed by atoms with van der Waals surface area (Å²) in [6.07, 6.45) is 0.643. The van der Waals surface area contributed by atoms with Crippen molar-refractivity contribution in [1.82, 2.24) is 19.3 Å². The van der Waals surface area contributed by atoms with Gasteiger partial charge in [0.1, 0.15) is 5.69 Å². The highest BCUT2D eigenvalue weighted by Crippen LogP contribution is 2.39. The second kappa shape index (κ2) is 13.1. The summed E-state index contributed by atoms with van der Waals surface area (Å²) in [4.78, 5) is 43.5. The molecule has 1 atom stereocenters. The van der Waals surface area contributed by atoms with E-state index in [-0.39, 0.29) is 41.1 Å². The molecule has 3 heterocycles. The Bertz CT molecular complexity index is 1810. The van der Waals surface area contributed by atoms with Gasteiger partial charge in [0, 0.05) is 58.2 Å². The second-order valence-electron chi connectivity index (χ2n) is 13.4. The lowest BCUT2D eigenvalue weighted by Gasteiger charge is -2.36. The summed E-state index contributed by atoms with van der Waals surface area (Å²) < 4.78 is 34.2. The zero-order valence-electron chi connectivity index (χ0n) is 27.8. The third-order valence-corrected chi connectivity index (χ3v) is 9.55. The number of likely N-dealkylation sites (tertiary alicyclic amines) is 1. The third-order valence-electron chi connectivity index (χ3n) is 8.96. The van der Waals surface area contributed by atoms with E-state index in [2.05, 4.69) is 14.9 Å². The van der Waals surface area contributed by atoms with Crippen molar-refractivity contribution < 1.29 is 32.6 Å². The number of nitrogens with one attached hydrogen (secondary N) is 2. The van der Waals surface area contributed by atoms with Gasteiger partial charge in [0.2, 0.25) is 15.9 Å². The number of fused-ring (bicyclic) bond motifs is 1. The van der Waals surface area contributed by atoms with E-state index in [1.54, 1.807) is 12.1 Å². The molecule has 3 amide bonds. The van der Waals surface area contributed by atoms with Crippen LogP contribution in [0.15, 0.2) is 36.4 Å². The van der Waals surface area contributed by atoms with Gasteiger partial charge in [0.05, 0.1) is 36.2 Å². The van der Waals surface area contributed by atoms with Crippen LogP contribution in [0.4, 0.5) is 16.2 Å². The molecule has 0 aliphatic carbocycles. The van der Waals surface area contributed by atoms with E-state index in [0.29, 0.717) is 57.1 Å². The van der Waals surface area contributed by atoms with Gasteiger partial charge in [-0.1, -0.05) is 39.0 Å². The topological polar surface area (TPSA) is 154 Å². The molecule has 254 valence electrons. The van der Waals surface area contributed by atoms with Crippen LogP contribution < -0.4 is 14.8 Å². The number of hydrogen-bond acceptors (Lipinski definition) is 7. The number of aromatic nitrogens is 1. The molecule has 0 unspecified atom stereocenters. The van der Waals surface area contributed by atoms with Gasteiger partial charge in [-0.25, -0.2) is 13.2 Å². The molecule has 2 fully saturated rings. The number of ether oxygens (including phenoxy) is 1. The number of rotatable bonds is 8. The Morgan fingerprint density at radius 3 is 2.28 bits per heavy atom. The van der Waals surface area contributed by atoms with Crippen molar-refractivity contribution in [2.45, 2.75) is 39.2 Å². The van der Waals surface area contributed by atoms with E-state index in [1.165, 1.54) is 12.0 Å². The lowest BCUT2D eigenvalue weighted by atomic mass is 9.86. The maximum atomic E-state index is 13.8. The molecule has 1 aromatic heterocycles. The Kier molecular flexibility index (Phi) is 9.47. The first-order chi connectivity index (χ1) is 22.1. The fraction of sp³-hybridized carbons (Fsp3) is 0.485. The highest BCUT2D eigenvalue weighted by molar-refractivity contribution is 7.92. The lowest BCUT2D eigenvalue weighted by molar-refractivity contribution is -0.136. The summed E-state index contributed by atoms with van der Waals surface area (Å²) >= 11 is 0. The molecule has 14 heteroatoms. The number of para-hydroxylation sites is 1. The highest BCUT2D eigenvalue weighted by atomic mass is 32.2. The maximum Gasteiger partial charge on any atom is 0.407 e. The summed E-state index contributed by atoms with van der Waals surface area (Å²) in [5, 5.41) is 13.1. The Hall–Kier alpha value is -4.30. The molecule has 5 rings (SSSR count). The SMILES string of the molecule is COc1c(NC(=O)c2cc3cccc(CN4CCN(C(=O)[C@H]5CCN(C(=O)O)C5)CC4)c3n2C)cc(C(C)(C)C)cc1NS(C)(=O)=O. The minimum Gasteiger partial charge on any atom is -0.492 e. The predicted molar refractivity (Wildman–Crippen MR) is 181 cm³/mol. The summed E-state index contributed by atoms with van der Waals surface area (Å²) in [6.45, 7) is 9.80. The van der Waals surface area contributed by atoms with Gasteiger partial charge >= 0.3 is 6.09 Å². The number of amides is 3. The number of anilines is 2. The zero-order valence-corrected chi connectivity index (χ0v) is 28.6. The molecule has 2 saturated heterocycles. The second-order valence-corrected chi connectivity index (χ2v) is 15.2. The van der Waals surface area contributed by atoms with Crippen molar-refractivity contribution in [3.63, 3.8) is 0 Å². The number of carbonyl (C=O) groups excluding carboxylic acids is 2. The minimum atomic E-state index is -3.62. The summed E-state index contributed by atoms with van der Waals surface area (Å²) in [5.41, 5.74) is 3.45. The van der Waals surface area contributed by atoms with E-state index < -0.39 is 16.1 Å². The molecule has 0 bridgehead atoms. The lowest BCUT2D eigenvalue weighted by Crippen LogP contribution is -2.50. The first kappa shape index (κ1) is 34.0. The van der Waals surface area contributed by atoms with Gasteiger partial charge in [0.25, 0.3) is 5.91 Å². The average Bonchev–Trinajstić information content (AvgIpc) is 3.62. The number of sulfonamides is 1. The van der Waals surface area contributed by atoms with Crippen molar-refractivity contribution >= 4 is 50.2 Å². The van der Waals surface area contributed by atoms with Crippen LogP contribution in [-0.2, 0) is 33.8 Å². The van der Waals surface area contributed by atoms with E-state index in [4.69, 9.17) is 4.74 Å². The van der Waals surface area contributed by atoms with Crippen molar-refractivity contribution in [2.75, 3.05) is 62.7 Å². The standard InChI is InChI=1S/C33H44N6O7S/c1-33(2,3)24-17-25(29(46-5)26(18-24)35-47(6,44)45)34-30(40)27-16-21-8-7-9-22(28(21)36(27)4)19-37-12-14-38(15-13-37)31(41)23-10-11-39(20-23)32(42)43/h7-9,16-18,23,35H,10-15,19-20H2,1-6H3,(H,34,40)(H,42,43)/t23-/m0/s1. The highest BCUT2D eigenvalue weighted by Gasteiger charge is 2.34. The van der Waals surface area contributed by atoms with Gasteiger partial charge in [-0.3, -0.25) is 19.2 Å². The number of carbonyl (C=O) groups is 3. The number of carboxylic acid groups (broad SMARTS) is 1. The number of piperazine rings is 1. The average molecular weight is 669 g/mol.